The largest absolute Gasteiger partial charge is 0.380 e. The van der Waals surface area contributed by atoms with Crippen LogP contribution in [0.5, 0.6) is 0 Å². The summed E-state index contributed by atoms with van der Waals surface area (Å²) in [7, 11) is 0. The van der Waals surface area contributed by atoms with Gasteiger partial charge in [0.1, 0.15) is 11.6 Å². The van der Waals surface area contributed by atoms with Gasteiger partial charge in [-0.1, -0.05) is 37.3 Å². The van der Waals surface area contributed by atoms with Crippen molar-refractivity contribution < 1.29 is 8.78 Å². The van der Waals surface area contributed by atoms with Crippen LogP contribution in [0.1, 0.15) is 18.9 Å². The van der Waals surface area contributed by atoms with Crippen LogP contribution in [-0.2, 0) is 6.42 Å². The molecule has 0 aliphatic heterocycles. The van der Waals surface area contributed by atoms with Gasteiger partial charge in [0.05, 0.1) is 5.69 Å². The van der Waals surface area contributed by atoms with Crippen LogP contribution in [0.4, 0.5) is 14.5 Å². The second-order valence-corrected chi connectivity index (χ2v) is 4.56. The SMILES string of the molecule is CCC(Cc1ccccc1)Nc1cc(F)ccc1F. The fourth-order valence-electron chi connectivity index (χ4n) is 2.02. The minimum atomic E-state index is -0.432. The highest BCUT2D eigenvalue weighted by Gasteiger charge is 2.10. The van der Waals surface area contributed by atoms with Gasteiger partial charge in [0.25, 0.3) is 0 Å². The van der Waals surface area contributed by atoms with Crippen molar-refractivity contribution in [2.75, 3.05) is 5.32 Å². The maximum Gasteiger partial charge on any atom is 0.146 e. The normalized spacial score (nSPS) is 12.2. The number of benzene rings is 2. The van der Waals surface area contributed by atoms with E-state index in [9.17, 15) is 8.78 Å². The Bertz CT molecular complexity index is 526. The zero-order chi connectivity index (χ0) is 13.7. The molecule has 3 heteroatoms. The van der Waals surface area contributed by atoms with Crippen LogP contribution in [0.25, 0.3) is 0 Å². The van der Waals surface area contributed by atoms with Crippen molar-refractivity contribution in [3.05, 3.63) is 65.7 Å². The van der Waals surface area contributed by atoms with Crippen molar-refractivity contribution in [2.45, 2.75) is 25.8 Å². The van der Waals surface area contributed by atoms with Crippen LogP contribution < -0.4 is 5.32 Å². The fraction of sp³-hybridized carbons (Fsp3) is 0.250. The third kappa shape index (κ3) is 3.78. The summed E-state index contributed by atoms with van der Waals surface area (Å²) in [6.45, 7) is 2.03. The van der Waals surface area contributed by atoms with Crippen molar-refractivity contribution in [1.82, 2.24) is 0 Å². The zero-order valence-electron chi connectivity index (χ0n) is 10.9. The summed E-state index contributed by atoms with van der Waals surface area (Å²) < 4.78 is 26.7. The topological polar surface area (TPSA) is 12.0 Å². The van der Waals surface area contributed by atoms with Gasteiger partial charge in [-0.25, -0.2) is 8.78 Å². The molecule has 1 N–H and O–H groups in total. The van der Waals surface area contributed by atoms with E-state index in [0.29, 0.717) is 0 Å². The molecule has 2 aromatic rings. The fourth-order valence-corrected chi connectivity index (χ4v) is 2.02. The number of rotatable bonds is 5. The molecule has 0 aromatic heterocycles. The lowest BCUT2D eigenvalue weighted by atomic mass is 10.0. The van der Waals surface area contributed by atoms with Gasteiger partial charge in [0, 0.05) is 6.04 Å². The van der Waals surface area contributed by atoms with Crippen molar-refractivity contribution in [2.24, 2.45) is 0 Å². The van der Waals surface area contributed by atoms with Gasteiger partial charge in [0.15, 0.2) is 0 Å². The van der Waals surface area contributed by atoms with Crippen molar-refractivity contribution in [1.29, 1.82) is 0 Å². The molecule has 1 atom stereocenters. The minimum absolute atomic E-state index is 0.0821. The predicted octanol–water partition coefficient (Wildman–Crippen LogP) is 4.40. The molecular weight excluding hydrogens is 244 g/mol. The number of hydrogen-bond donors (Lipinski definition) is 1. The van der Waals surface area contributed by atoms with E-state index >= 15 is 0 Å². The van der Waals surface area contributed by atoms with Crippen LogP contribution in [0.3, 0.4) is 0 Å². The smallest absolute Gasteiger partial charge is 0.146 e. The maximum atomic E-state index is 13.6. The molecule has 0 spiro atoms. The number of halogens is 2. The number of nitrogens with one attached hydrogen (secondary N) is 1. The Kier molecular flexibility index (Phi) is 4.50. The Labute approximate surface area is 112 Å². The molecule has 2 rings (SSSR count). The van der Waals surface area contributed by atoms with Crippen LogP contribution in [-0.4, -0.2) is 6.04 Å². The molecule has 0 bridgehead atoms. The van der Waals surface area contributed by atoms with Gasteiger partial charge < -0.3 is 5.32 Å². The average Bonchev–Trinajstić information content (AvgIpc) is 2.43. The van der Waals surface area contributed by atoms with E-state index < -0.39 is 11.6 Å². The Morgan fingerprint density at radius 1 is 1.05 bits per heavy atom. The molecule has 100 valence electrons. The Morgan fingerprint density at radius 3 is 2.47 bits per heavy atom. The first-order valence-corrected chi connectivity index (χ1v) is 6.44. The molecule has 1 nitrogen and oxygen atoms in total. The van der Waals surface area contributed by atoms with Crippen LogP contribution in [0.15, 0.2) is 48.5 Å². The summed E-state index contributed by atoms with van der Waals surface area (Å²) in [4.78, 5) is 0. The van der Waals surface area contributed by atoms with Crippen LogP contribution in [0, 0.1) is 11.6 Å². The molecule has 0 aliphatic carbocycles. The molecule has 19 heavy (non-hydrogen) atoms. The molecule has 0 saturated heterocycles. The Morgan fingerprint density at radius 2 is 1.79 bits per heavy atom. The van der Waals surface area contributed by atoms with E-state index in [1.54, 1.807) is 0 Å². The summed E-state index contributed by atoms with van der Waals surface area (Å²) in [5, 5.41) is 3.07. The first kappa shape index (κ1) is 13.5. The lowest BCUT2D eigenvalue weighted by Gasteiger charge is -2.19. The molecule has 0 amide bonds. The lowest BCUT2D eigenvalue weighted by molar-refractivity contribution is 0.595. The zero-order valence-corrected chi connectivity index (χ0v) is 10.9. The molecule has 1 unspecified atom stereocenters. The van der Waals surface area contributed by atoms with Crippen molar-refractivity contribution >= 4 is 5.69 Å². The van der Waals surface area contributed by atoms with Gasteiger partial charge in [0.2, 0.25) is 0 Å². The summed E-state index contributed by atoms with van der Waals surface area (Å²) in [6.07, 6.45) is 1.62. The van der Waals surface area contributed by atoms with Gasteiger partial charge in [-0.15, -0.1) is 0 Å². The molecule has 0 heterocycles. The van der Waals surface area contributed by atoms with Gasteiger partial charge in [-0.2, -0.15) is 0 Å². The number of hydrogen-bond acceptors (Lipinski definition) is 1. The van der Waals surface area contributed by atoms with E-state index in [1.165, 1.54) is 11.6 Å². The summed E-state index contributed by atoms with van der Waals surface area (Å²) in [5.41, 5.74) is 1.40. The van der Waals surface area contributed by atoms with Gasteiger partial charge in [-0.05, 0) is 36.6 Å². The first-order valence-electron chi connectivity index (χ1n) is 6.44. The van der Waals surface area contributed by atoms with Crippen molar-refractivity contribution in [3.8, 4) is 0 Å². The maximum absolute atomic E-state index is 13.6. The minimum Gasteiger partial charge on any atom is -0.380 e. The van der Waals surface area contributed by atoms with Gasteiger partial charge in [-0.3, -0.25) is 0 Å². The molecule has 2 aromatic carbocycles. The van der Waals surface area contributed by atoms with E-state index in [1.807, 2.05) is 37.3 Å². The standard InChI is InChI=1S/C16H17F2N/c1-2-14(10-12-6-4-3-5-7-12)19-16-11-13(17)8-9-15(16)18/h3-9,11,14,19H,2,10H2,1H3. The summed E-state index contributed by atoms with van der Waals surface area (Å²) in [5.74, 6) is -0.855. The second kappa shape index (κ2) is 6.32. The average molecular weight is 261 g/mol. The molecule has 0 radical (unpaired) electrons. The van der Waals surface area contributed by atoms with E-state index in [4.69, 9.17) is 0 Å². The van der Waals surface area contributed by atoms with Crippen LogP contribution >= 0.6 is 0 Å². The molecule has 0 aliphatic rings. The number of anilines is 1. The molecule has 0 saturated carbocycles. The summed E-state index contributed by atoms with van der Waals surface area (Å²) >= 11 is 0. The molecular formula is C16H17F2N. The van der Waals surface area contributed by atoms with Crippen molar-refractivity contribution in [3.63, 3.8) is 0 Å². The third-order valence-corrected chi connectivity index (χ3v) is 3.11. The Hall–Kier alpha value is -1.90. The van der Waals surface area contributed by atoms with Crippen LogP contribution in [0.2, 0.25) is 0 Å². The monoisotopic (exact) mass is 261 g/mol. The highest BCUT2D eigenvalue weighted by Crippen LogP contribution is 2.18. The van der Waals surface area contributed by atoms with E-state index in [0.717, 1.165) is 25.0 Å². The first-order chi connectivity index (χ1) is 9.19. The lowest BCUT2D eigenvalue weighted by Crippen LogP contribution is -2.22. The van der Waals surface area contributed by atoms with E-state index in [2.05, 4.69) is 5.32 Å². The third-order valence-electron chi connectivity index (χ3n) is 3.11. The highest BCUT2D eigenvalue weighted by atomic mass is 19.1. The second-order valence-electron chi connectivity index (χ2n) is 4.56. The highest BCUT2D eigenvalue weighted by molar-refractivity contribution is 5.46. The quantitative estimate of drug-likeness (QED) is 0.841. The molecule has 0 fully saturated rings. The summed E-state index contributed by atoms with van der Waals surface area (Å²) in [6, 6.07) is 13.5. The Balaban J connectivity index is 2.09. The predicted molar refractivity (Wildman–Crippen MR) is 74.2 cm³/mol. The van der Waals surface area contributed by atoms with Gasteiger partial charge >= 0.3 is 0 Å². The van der Waals surface area contributed by atoms with E-state index in [-0.39, 0.29) is 11.7 Å².